The summed E-state index contributed by atoms with van der Waals surface area (Å²) in [6.07, 6.45) is 3.16. The lowest BCUT2D eigenvalue weighted by Gasteiger charge is -2.13. The third-order valence-corrected chi connectivity index (χ3v) is 7.44. The van der Waals surface area contributed by atoms with Crippen molar-refractivity contribution in [1.82, 2.24) is 4.72 Å². The van der Waals surface area contributed by atoms with Gasteiger partial charge in [0.1, 0.15) is 16.5 Å². The largest absolute Gasteiger partial charge is 0.465 e. The minimum absolute atomic E-state index is 0.0986. The number of aliphatic imine (C=N–C) groups is 1. The monoisotopic (exact) mass is 483 g/mol. The summed E-state index contributed by atoms with van der Waals surface area (Å²) < 4.78 is 74.2. The second-order valence-electron chi connectivity index (χ2n) is 7.01. The van der Waals surface area contributed by atoms with Crippen LogP contribution in [0, 0.1) is 5.82 Å². The zero-order valence-electron chi connectivity index (χ0n) is 17.2. The molecule has 1 aliphatic heterocycles. The zero-order valence-corrected chi connectivity index (χ0v) is 18.8. The smallest absolute Gasteiger partial charge is 0.337 e. The predicted octanol–water partition coefficient (Wildman–Crippen LogP) is 2.66. The van der Waals surface area contributed by atoms with Gasteiger partial charge in [-0.25, -0.2) is 26.0 Å². The van der Waals surface area contributed by atoms with Gasteiger partial charge in [0.25, 0.3) is 20.0 Å². The van der Waals surface area contributed by atoms with Gasteiger partial charge in [0.15, 0.2) is 0 Å². The molecule has 12 heteroatoms. The van der Waals surface area contributed by atoms with Crippen LogP contribution in [0.2, 0.25) is 0 Å². The number of halogens is 1. The number of hydrogen-bond acceptors (Lipinski definition) is 7. The summed E-state index contributed by atoms with van der Waals surface area (Å²) in [6.45, 7) is 0.536. The van der Waals surface area contributed by atoms with Crippen LogP contribution in [-0.2, 0) is 24.8 Å². The number of carbonyl (C=O) groups is 1. The summed E-state index contributed by atoms with van der Waals surface area (Å²) in [4.78, 5) is 14.9. The first-order valence-corrected chi connectivity index (χ1v) is 12.7. The number of ether oxygens (including phenoxy) is 1. The number of carbonyl (C=O) groups excluding carboxylic acids is 1. The Morgan fingerprint density at radius 1 is 1.00 bits per heavy atom. The van der Waals surface area contributed by atoms with Crippen LogP contribution >= 0.6 is 0 Å². The molecule has 0 saturated heterocycles. The standard InChI is InChI=1S/C20H22FN3O6S2/c1-30-20(25)14-9-10-17(21)18(12-14)32(28,29)23-15-6-5-7-16(13-15)31(26,27)24-19-8-3-2-4-11-22-19/h5-7,9-10,12-13,23H,2-4,8,11H2,1H3,(H,22,24). The summed E-state index contributed by atoms with van der Waals surface area (Å²) in [5, 5.41) is 0. The molecule has 9 nitrogen and oxygen atoms in total. The Labute approximate surface area is 185 Å². The normalized spacial score (nSPS) is 14.8. The quantitative estimate of drug-likeness (QED) is 0.608. The van der Waals surface area contributed by atoms with E-state index < -0.39 is 36.7 Å². The summed E-state index contributed by atoms with van der Waals surface area (Å²) >= 11 is 0. The van der Waals surface area contributed by atoms with E-state index in [1.165, 1.54) is 18.2 Å². The maximum Gasteiger partial charge on any atom is 0.337 e. The fraction of sp³-hybridized carbons (Fsp3) is 0.300. The third-order valence-electron chi connectivity index (χ3n) is 4.66. The lowest BCUT2D eigenvalue weighted by Crippen LogP contribution is -2.30. The number of rotatable bonds is 6. The summed E-state index contributed by atoms with van der Waals surface area (Å²) in [6, 6.07) is 7.85. The summed E-state index contributed by atoms with van der Waals surface area (Å²) in [5.41, 5.74) is -0.252. The van der Waals surface area contributed by atoms with E-state index in [-0.39, 0.29) is 16.1 Å². The average molecular weight is 484 g/mol. The fourth-order valence-corrected chi connectivity index (χ4v) is 5.35. The number of nitrogens with one attached hydrogen (secondary N) is 2. The second kappa shape index (κ2) is 9.65. The Morgan fingerprint density at radius 3 is 2.53 bits per heavy atom. The van der Waals surface area contributed by atoms with Crippen molar-refractivity contribution in [3.8, 4) is 0 Å². The summed E-state index contributed by atoms with van der Waals surface area (Å²) in [5.74, 6) is -1.56. The van der Waals surface area contributed by atoms with Gasteiger partial charge in [-0.2, -0.15) is 0 Å². The molecule has 0 aromatic heterocycles. The molecule has 172 valence electrons. The molecule has 3 rings (SSSR count). The van der Waals surface area contributed by atoms with Gasteiger partial charge in [0, 0.05) is 13.0 Å². The number of methoxy groups -OCH3 is 1. The molecule has 32 heavy (non-hydrogen) atoms. The number of amidine groups is 1. The number of anilines is 1. The molecule has 2 aromatic carbocycles. The molecule has 0 amide bonds. The molecule has 2 aromatic rings. The Kier molecular flexibility index (Phi) is 7.14. The molecule has 0 radical (unpaired) electrons. The van der Waals surface area contributed by atoms with Crippen molar-refractivity contribution in [2.24, 2.45) is 4.99 Å². The molecular weight excluding hydrogens is 461 g/mol. The van der Waals surface area contributed by atoms with Gasteiger partial charge in [0.05, 0.1) is 23.3 Å². The molecule has 0 spiro atoms. The van der Waals surface area contributed by atoms with Crippen LogP contribution in [-0.4, -0.2) is 42.3 Å². The number of nitrogens with zero attached hydrogens (tertiary/aromatic N) is 1. The van der Waals surface area contributed by atoms with Crippen molar-refractivity contribution in [3.63, 3.8) is 0 Å². The van der Waals surface area contributed by atoms with Gasteiger partial charge < -0.3 is 4.74 Å². The lowest BCUT2D eigenvalue weighted by molar-refractivity contribution is 0.0600. The van der Waals surface area contributed by atoms with Crippen molar-refractivity contribution in [1.29, 1.82) is 0 Å². The number of sulfonamides is 2. The van der Waals surface area contributed by atoms with Gasteiger partial charge >= 0.3 is 5.97 Å². The number of benzene rings is 2. The van der Waals surface area contributed by atoms with Gasteiger partial charge in [-0.3, -0.25) is 14.4 Å². The first kappa shape index (κ1) is 23.7. The van der Waals surface area contributed by atoms with Crippen molar-refractivity contribution in [2.45, 2.75) is 35.5 Å². The molecule has 2 N–H and O–H groups in total. The highest BCUT2D eigenvalue weighted by molar-refractivity contribution is 7.92. The predicted molar refractivity (Wildman–Crippen MR) is 116 cm³/mol. The van der Waals surface area contributed by atoms with Crippen molar-refractivity contribution < 1.29 is 30.8 Å². The number of hydrogen-bond donors (Lipinski definition) is 2. The average Bonchev–Trinajstić information content (AvgIpc) is 3.01. The molecule has 0 bridgehead atoms. The van der Waals surface area contributed by atoms with Crippen LogP contribution in [0.15, 0.2) is 57.2 Å². The highest BCUT2D eigenvalue weighted by Gasteiger charge is 2.23. The van der Waals surface area contributed by atoms with Gasteiger partial charge in [0.2, 0.25) is 0 Å². The molecule has 0 saturated carbocycles. The maximum absolute atomic E-state index is 14.2. The van der Waals surface area contributed by atoms with Gasteiger partial charge in [-0.1, -0.05) is 12.5 Å². The van der Waals surface area contributed by atoms with E-state index in [4.69, 9.17) is 0 Å². The van der Waals surface area contributed by atoms with Crippen LogP contribution in [0.4, 0.5) is 10.1 Å². The van der Waals surface area contributed by atoms with E-state index in [0.717, 1.165) is 50.6 Å². The topological polar surface area (TPSA) is 131 Å². The van der Waals surface area contributed by atoms with Crippen LogP contribution in [0.25, 0.3) is 0 Å². The highest BCUT2D eigenvalue weighted by Crippen LogP contribution is 2.23. The molecule has 1 heterocycles. The maximum atomic E-state index is 14.2. The van der Waals surface area contributed by atoms with E-state index in [9.17, 15) is 26.0 Å². The van der Waals surface area contributed by atoms with E-state index in [0.29, 0.717) is 18.8 Å². The SMILES string of the molecule is COC(=O)c1ccc(F)c(S(=O)(=O)Nc2cccc(S(=O)(=O)NC3=NCCCCC3)c2)c1. The van der Waals surface area contributed by atoms with Crippen molar-refractivity contribution in [3.05, 3.63) is 53.8 Å². The van der Waals surface area contributed by atoms with Crippen molar-refractivity contribution >= 4 is 37.5 Å². The van der Waals surface area contributed by atoms with Crippen LogP contribution in [0.5, 0.6) is 0 Å². The highest BCUT2D eigenvalue weighted by atomic mass is 32.2. The first-order valence-electron chi connectivity index (χ1n) is 9.69. The van der Waals surface area contributed by atoms with E-state index in [1.54, 1.807) is 0 Å². The molecule has 1 aliphatic rings. The minimum Gasteiger partial charge on any atom is -0.465 e. The van der Waals surface area contributed by atoms with Crippen molar-refractivity contribution in [2.75, 3.05) is 18.4 Å². The van der Waals surface area contributed by atoms with E-state index >= 15 is 0 Å². The lowest BCUT2D eigenvalue weighted by atomic mass is 10.2. The van der Waals surface area contributed by atoms with E-state index in [2.05, 4.69) is 19.2 Å². The molecule has 0 atom stereocenters. The van der Waals surface area contributed by atoms with Crippen LogP contribution in [0.1, 0.15) is 36.0 Å². The molecule has 0 unspecified atom stereocenters. The second-order valence-corrected chi connectivity index (χ2v) is 10.3. The van der Waals surface area contributed by atoms with Gasteiger partial charge in [-0.05, 0) is 49.2 Å². The Morgan fingerprint density at radius 2 is 1.78 bits per heavy atom. The summed E-state index contributed by atoms with van der Waals surface area (Å²) in [7, 11) is -7.36. The first-order chi connectivity index (χ1) is 15.1. The Balaban J connectivity index is 1.87. The van der Waals surface area contributed by atoms with Crippen LogP contribution < -0.4 is 9.44 Å². The Bertz CT molecular complexity index is 1260. The number of esters is 1. The zero-order chi connectivity index (χ0) is 23.4. The van der Waals surface area contributed by atoms with Gasteiger partial charge in [-0.15, -0.1) is 0 Å². The fourth-order valence-electron chi connectivity index (χ4n) is 3.06. The molecule has 0 fully saturated rings. The van der Waals surface area contributed by atoms with E-state index in [1.807, 2.05) is 0 Å². The molecular formula is C20H22FN3O6S2. The minimum atomic E-state index is -4.47. The molecule has 0 aliphatic carbocycles. The Hall–Kier alpha value is -2.99. The third kappa shape index (κ3) is 5.62. The van der Waals surface area contributed by atoms with Crippen LogP contribution in [0.3, 0.4) is 0 Å².